The van der Waals surface area contributed by atoms with E-state index in [1.807, 2.05) is 0 Å². The summed E-state index contributed by atoms with van der Waals surface area (Å²) < 4.78 is 109. The number of anilines is 4. The van der Waals surface area contributed by atoms with Gasteiger partial charge in [0.2, 0.25) is 17.2 Å². The van der Waals surface area contributed by atoms with Crippen LogP contribution in [-0.4, -0.2) is 53.9 Å². The third kappa shape index (κ3) is 12.1. The maximum Gasteiger partial charge on any atom is 1.00 e. The molecule has 0 aliphatic rings. The summed E-state index contributed by atoms with van der Waals surface area (Å²) in [7, 11) is -15.2. The number of benzene rings is 4. The Morgan fingerprint density at radius 2 is 1.10 bits per heavy atom. The summed E-state index contributed by atoms with van der Waals surface area (Å²) >= 11 is 6.45. The molecule has 0 atom stereocenters. The van der Waals surface area contributed by atoms with Crippen molar-refractivity contribution in [2.24, 2.45) is 0 Å². The van der Waals surface area contributed by atoms with Crippen LogP contribution in [0.2, 0.25) is 5.28 Å². The Morgan fingerprint density at radius 1 is 0.633 bits per heavy atom. The molecule has 0 saturated carbocycles. The van der Waals surface area contributed by atoms with Crippen LogP contribution in [0.25, 0.3) is 21.5 Å². The van der Waals surface area contributed by atoms with E-state index in [1.165, 1.54) is 36.4 Å². The van der Waals surface area contributed by atoms with Gasteiger partial charge in [0.25, 0.3) is 0 Å². The van der Waals surface area contributed by atoms with Gasteiger partial charge in [0.15, 0.2) is 0 Å². The maximum atomic E-state index is 11.7. The van der Waals surface area contributed by atoms with Crippen LogP contribution >= 0.6 is 23.6 Å². The van der Waals surface area contributed by atoms with Gasteiger partial charge in [-0.3, -0.25) is 5.04 Å². The van der Waals surface area contributed by atoms with Crippen LogP contribution in [-0.2, 0) is 39.7 Å². The van der Waals surface area contributed by atoms with E-state index < -0.39 is 45.0 Å². The smallest absolute Gasteiger partial charge is 0.744 e. The molecular formula is C23H12ClN5Na4O12S4. The average molecular weight is 806 g/mol. The number of halogens is 1. The molecule has 0 fully saturated rings. The minimum absolute atomic E-state index is 0. The molecule has 1 heterocycles. The van der Waals surface area contributed by atoms with Crippen LogP contribution in [0.3, 0.4) is 0 Å². The minimum atomic E-state index is -5.16. The van der Waals surface area contributed by atoms with Crippen molar-refractivity contribution < 1.29 is 172 Å². The zero-order chi connectivity index (χ0) is 32.7. The van der Waals surface area contributed by atoms with Gasteiger partial charge in [0, 0.05) is 16.3 Å². The van der Waals surface area contributed by atoms with Crippen molar-refractivity contribution >= 4 is 98.8 Å². The van der Waals surface area contributed by atoms with Crippen LogP contribution < -0.4 is 134 Å². The molecule has 0 bridgehead atoms. The Labute approximate surface area is 376 Å². The molecule has 26 heteroatoms. The predicted molar refractivity (Wildman–Crippen MR) is 151 cm³/mol. The van der Waals surface area contributed by atoms with Gasteiger partial charge in [-0.1, -0.05) is 12.1 Å². The van der Waals surface area contributed by atoms with Gasteiger partial charge in [0.05, 0.1) is 26.7 Å². The second-order valence-electron chi connectivity index (χ2n) is 8.80. The number of hydrogen-bond acceptors (Lipinski definition) is 18. The summed E-state index contributed by atoms with van der Waals surface area (Å²) in [5, 5.41) is 19.3. The first-order valence-corrected chi connectivity index (χ1v) is 17.0. The van der Waals surface area contributed by atoms with Crippen molar-refractivity contribution in [3.05, 3.63) is 65.9 Å². The number of hydrogen-bond donors (Lipinski definition) is 2. The van der Waals surface area contributed by atoms with E-state index in [1.54, 1.807) is 0 Å². The number of fused-ring (bicyclic) bond motifs is 2. The third-order valence-corrected chi connectivity index (χ3v) is 9.21. The Bertz CT molecular complexity index is 2350. The molecule has 0 saturated heterocycles. The van der Waals surface area contributed by atoms with Crippen LogP contribution in [0.4, 0.5) is 23.3 Å². The second kappa shape index (κ2) is 19.0. The van der Waals surface area contributed by atoms with Gasteiger partial charge in [-0.05, 0) is 81.7 Å². The molecule has 0 aliphatic heterocycles. The van der Waals surface area contributed by atoms with E-state index in [-0.39, 0.29) is 168 Å². The summed E-state index contributed by atoms with van der Waals surface area (Å²) in [6.07, 6.45) is 0. The van der Waals surface area contributed by atoms with Crippen molar-refractivity contribution in [1.29, 1.82) is 0 Å². The Balaban J connectivity index is 0.00000300. The number of nitrogens with zero attached hydrogens (tertiary/aromatic N) is 3. The standard InChI is InChI=1S/C23H16ClN5O12S4.4Na/c24-21-27-22(25-13-1-3-17-11(5-13)7-15(43(31,32)33)9-19(17)42-41-40-30)29-23(28-21)26-14-2-4-18-12(6-14)8-16(44(34,35)36)10-20(18)45(37,38)39;;;;/h1-10,30H,(H,31,32,33)(H,34,35,36)(H,37,38,39)(H2,25,26,27,28,29);;;;/q;4*+1/p-4. The van der Waals surface area contributed by atoms with Crippen molar-refractivity contribution in [1.82, 2.24) is 15.0 Å². The zero-order valence-corrected chi connectivity index (χ0v) is 37.5. The first-order valence-electron chi connectivity index (χ1n) is 11.6. The number of nitrogens with one attached hydrogen (secondary N) is 2. The molecule has 0 spiro atoms. The van der Waals surface area contributed by atoms with Gasteiger partial charge in [-0.25, -0.2) is 25.3 Å². The number of aromatic nitrogens is 3. The van der Waals surface area contributed by atoms with Crippen molar-refractivity contribution in [3.63, 3.8) is 0 Å². The van der Waals surface area contributed by atoms with E-state index >= 15 is 0 Å². The molecule has 0 radical (unpaired) electrons. The summed E-state index contributed by atoms with van der Waals surface area (Å²) in [5.41, 5.74) is 0.452. The Morgan fingerprint density at radius 3 is 1.57 bits per heavy atom. The fourth-order valence-electron chi connectivity index (χ4n) is 4.11. The molecule has 0 aliphatic carbocycles. The minimum Gasteiger partial charge on any atom is -0.744 e. The van der Waals surface area contributed by atoms with Crippen LogP contribution in [0.5, 0.6) is 0 Å². The molecular weight excluding hydrogens is 794 g/mol. The fourth-order valence-corrected chi connectivity index (χ4v) is 6.76. The van der Waals surface area contributed by atoms with Gasteiger partial charge in [-0.15, -0.1) is 0 Å². The largest absolute Gasteiger partial charge is 1.00 e. The molecule has 236 valence electrons. The fraction of sp³-hybridized carbons (Fsp3) is 0. The average Bonchev–Trinajstić information content (AvgIpc) is 2.93. The predicted octanol–water partition coefficient (Wildman–Crippen LogP) is -9.72. The summed E-state index contributed by atoms with van der Waals surface area (Å²) in [4.78, 5) is 9.73. The van der Waals surface area contributed by atoms with Crippen LogP contribution in [0, 0.1) is 0 Å². The maximum absolute atomic E-state index is 11.7. The van der Waals surface area contributed by atoms with E-state index in [0.29, 0.717) is 23.5 Å². The SMILES string of the molecule is O=S(=O)([O-])c1cc(SOO[O-])c2ccc(Nc3nc(Cl)nc(Nc4ccc5c(S(=O)(=O)[O-])cc(S(=O)(=O)[O-])cc5c4)n3)cc2c1.[Na+].[Na+].[Na+].[Na+]. The molecule has 49 heavy (non-hydrogen) atoms. The summed E-state index contributed by atoms with van der Waals surface area (Å²) in [6, 6.07) is 11.8. The second-order valence-corrected chi connectivity index (χ2v) is 14.0. The quantitative estimate of drug-likeness (QED) is 0.0436. The Hall–Kier alpha value is 0.260. The molecule has 2 N–H and O–H groups in total. The first-order chi connectivity index (χ1) is 21.0. The van der Waals surface area contributed by atoms with Crippen molar-refractivity contribution in [3.8, 4) is 0 Å². The summed E-state index contributed by atoms with van der Waals surface area (Å²) in [5.74, 6) is -0.280. The first kappa shape index (κ1) is 47.3. The molecule has 5 aromatic rings. The van der Waals surface area contributed by atoms with E-state index in [4.69, 9.17) is 11.6 Å². The molecule has 0 unspecified atom stereocenters. The van der Waals surface area contributed by atoms with Crippen molar-refractivity contribution in [2.45, 2.75) is 19.6 Å². The van der Waals surface area contributed by atoms with Gasteiger partial charge < -0.3 is 29.5 Å². The van der Waals surface area contributed by atoms with E-state index in [9.17, 15) is 44.2 Å². The normalized spacial score (nSPS) is 11.4. The monoisotopic (exact) mass is 805 g/mol. The molecule has 5 rings (SSSR count). The van der Waals surface area contributed by atoms with Crippen LogP contribution in [0.1, 0.15) is 0 Å². The molecule has 1 aromatic heterocycles. The summed E-state index contributed by atoms with van der Waals surface area (Å²) in [6.45, 7) is 0. The molecule has 0 amide bonds. The van der Waals surface area contributed by atoms with E-state index in [2.05, 4.69) is 35.0 Å². The van der Waals surface area contributed by atoms with E-state index in [0.717, 1.165) is 18.2 Å². The van der Waals surface area contributed by atoms with Crippen LogP contribution in [0.15, 0.2) is 80.2 Å². The molecule has 4 aromatic carbocycles. The van der Waals surface area contributed by atoms with Gasteiger partial charge in [-0.2, -0.15) is 19.3 Å². The zero-order valence-electron chi connectivity index (χ0n) is 25.5. The Kier molecular flexibility index (Phi) is 18.4. The third-order valence-electron chi connectivity index (χ3n) is 5.89. The van der Waals surface area contributed by atoms with Crippen molar-refractivity contribution in [2.75, 3.05) is 10.6 Å². The number of rotatable bonds is 10. The van der Waals surface area contributed by atoms with Gasteiger partial charge >= 0.3 is 118 Å². The molecule has 17 nitrogen and oxygen atoms in total. The topological polar surface area (TPSA) is 276 Å². The van der Waals surface area contributed by atoms with Gasteiger partial charge in [0.1, 0.15) is 30.4 Å².